The molecule has 0 radical (unpaired) electrons. The maximum absolute atomic E-state index is 5.19. The van der Waals surface area contributed by atoms with Crippen molar-refractivity contribution in [3.05, 3.63) is 42.0 Å². The predicted molar refractivity (Wildman–Crippen MR) is 90.3 cm³/mol. The van der Waals surface area contributed by atoms with Gasteiger partial charge in [-0.2, -0.15) is 5.10 Å². The number of nitrogens with one attached hydrogen (secondary N) is 1. The number of hydrogen-bond acceptors (Lipinski definition) is 4. The molecule has 0 aliphatic heterocycles. The average molecular weight is 316 g/mol. The van der Waals surface area contributed by atoms with Crippen LogP contribution in [0, 0.1) is 0 Å². The number of nitrogens with zero attached hydrogens (tertiary/aromatic N) is 5. The van der Waals surface area contributed by atoms with Gasteiger partial charge in [0.1, 0.15) is 24.4 Å². The lowest BCUT2D eigenvalue weighted by Crippen LogP contribution is -2.38. The highest BCUT2D eigenvalue weighted by atomic mass is 16.5. The Labute approximate surface area is 137 Å². The molecule has 1 heterocycles. The van der Waals surface area contributed by atoms with E-state index in [1.165, 1.54) is 5.56 Å². The Hall–Kier alpha value is -2.57. The molecular weight excluding hydrogens is 292 g/mol. The van der Waals surface area contributed by atoms with Gasteiger partial charge in [0.25, 0.3) is 0 Å². The first kappa shape index (κ1) is 16.8. The molecule has 2 rings (SSSR count). The van der Waals surface area contributed by atoms with Crippen molar-refractivity contribution < 1.29 is 4.74 Å². The molecule has 0 unspecified atom stereocenters. The van der Waals surface area contributed by atoms with E-state index in [4.69, 9.17) is 4.74 Å². The van der Waals surface area contributed by atoms with Crippen molar-refractivity contribution in [2.45, 2.75) is 20.0 Å². The molecule has 0 aliphatic rings. The van der Waals surface area contributed by atoms with Gasteiger partial charge in [-0.3, -0.25) is 4.68 Å². The maximum Gasteiger partial charge on any atom is 0.194 e. The van der Waals surface area contributed by atoms with Crippen LogP contribution in [0.2, 0.25) is 0 Å². The summed E-state index contributed by atoms with van der Waals surface area (Å²) in [4.78, 5) is 10.9. The number of methoxy groups -OCH3 is 1. The van der Waals surface area contributed by atoms with Crippen LogP contribution in [0.3, 0.4) is 0 Å². The summed E-state index contributed by atoms with van der Waals surface area (Å²) in [7, 11) is 5.55. The van der Waals surface area contributed by atoms with Gasteiger partial charge in [-0.05, 0) is 24.6 Å². The lowest BCUT2D eigenvalue weighted by molar-refractivity contribution is 0.414. The van der Waals surface area contributed by atoms with Crippen LogP contribution < -0.4 is 10.1 Å². The van der Waals surface area contributed by atoms with E-state index in [2.05, 4.69) is 44.3 Å². The second-order valence-corrected chi connectivity index (χ2v) is 5.17. The van der Waals surface area contributed by atoms with Gasteiger partial charge < -0.3 is 15.0 Å². The Morgan fingerprint density at radius 2 is 2.09 bits per heavy atom. The predicted octanol–water partition coefficient (Wildman–Crippen LogP) is 1.42. The molecule has 0 fully saturated rings. The highest BCUT2D eigenvalue weighted by Gasteiger charge is 2.08. The van der Waals surface area contributed by atoms with Crippen molar-refractivity contribution in [3.8, 4) is 5.75 Å². The standard InChI is InChI=1S/C16H24N6O/c1-5-17-16(18-10-15-19-12-20-22(15)3)21(2)11-13-6-8-14(23-4)9-7-13/h6-9,12H,5,10-11H2,1-4H3,(H,17,18). The molecule has 23 heavy (non-hydrogen) atoms. The van der Waals surface area contributed by atoms with E-state index in [0.717, 1.165) is 30.6 Å². The Bertz CT molecular complexity index is 634. The van der Waals surface area contributed by atoms with Crippen LogP contribution >= 0.6 is 0 Å². The Balaban J connectivity index is 2.04. The van der Waals surface area contributed by atoms with Crippen LogP contribution in [0.4, 0.5) is 0 Å². The van der Waals surface area contributed by atoms with Crippen molar-refractivity contribution in [2.75, 3.05) is 20.7 Å². The van der Waals surface area contributed by atoms with Gasteiger partial charge in [0, 0.05) is 27.2 Å². The lowest BCUT2D eigenvalue weighted by Gasteiger charge is -2.22. The fraction of sp³-hybridized carbons (Fsp3) is 0.438. The van der Waals surface area contributed by atoms with Crippen LogP contribution in [0.1, 0.15) is 18.3 Å². The number of aromatic nitrogens is 3. The van der Waals surface area contributed by atoms with E-state index in [1.54, 1.807) is 18.1 Å². The molecule has 0 amide bonds. The Morgan fingerprint density at radius 1 is 1.35 bits per heavy atom. The summed E-state index contributed by atoms with van der Waals surface area (Å²) in [5, 5.41) is 7.36. The van der Waals surface area contributed by atoms with Gasteiger partial charge in [-0.25, -0.2) is 9.98 Å². The number of ether oxygens (including phenoxy) is 1. The fourth-order valence-electron chi connectivity index (χ4n) is 2.16. The summed E-state index contributed by atoms with van der Waals surface area (Å²) >= 11 is 0. The van der Waals surface area contributed by atoms with E-state index in [1.807, 2.05) is 26.2 Å². The summed E-state index contributed by atoms with van der Waals surface area (Å²) in [5.74, 6) is 2.53. The number of benzene rings is 1. The average Bonchev–Trinajstić information content (AvgIpc) is 2.97. The SMILES string of the molecule is CCNC(=NCc1ncnn1C)N(C)Cc1ccc(OC)cc1. The van der Waals surface area contributed by atoms with E-state index >= 15 is 0 Å². The smallest absolute Gasteiger partial charge is 0.194 e. The zero-order valence-electron chi connectivity index (χ0n) is 14.2. The molecule has 7 heteroatoms. The summed E-state index contributed by atoms with van der Waals surface area (Å²) in [6.07, 6.45) is 1.54. The van der Waals surface area contributed by atoms with Crippen molar-refractivity contribution in [2.24, 2.45) is 12.0 Å². The van der Waals surface area contributed by atoms with Gasteiger partial charge in [0.05, 0.1) is 7.11 Å². The van der Waals surface area contributed by atoms with E-state index in [9.17, 15) is 0 Å². The number of guanidine groups is 1. The number of aliphatic imine (C=N–C) groups is 1. The molecule has 1 aromatic carbocycles. The minimum atomic E-state index is 0.492. The zero-order chi connectivity index (χ0) is 16.7. The first-order chi connectivity index (χ1) is 11.1. The molecule has 0 saturated heterocycles. The van der Waals surface area contributed by atoms with E-state index in [-0.39, 0.29) is 0 Å². The summed E-state index contributed by atoms with van der Waals surface area (Å²) in [6.45, 7) is 4.12. The van der Waals surface area contributed by atoms with Gasteiger partial charge >= 0.3 is 0 Å². The minimum absolute atomic E-state index is 0.492. The molecule has 0 aliphatic carbocycles. The van der Waals surface area contributed by atoms with Gasteiger partial charge in [-0.1, -0.05) is 12.1 Å². The normalized spacial score (nSPS) is 11.4. The zero-order valence-corrected chi connectivity index (χ0v) is 14.2. The maximum atomic E-state index is 5.19. The van der Waals surface area contributed by atoms with Crippen LogP contribution in [-0.4, -0.2) is 46.3 Å². The highest BCUT2D eigenvalue weighted by molar-refractivity contribution is 5.79. The van der Waals surface area contributed by atoms with Crippen LogP contribution in [0.15, 0.2) is 35.6 Å². The molecule has 0 bridgehead atoms. The molecule has 1 aromatic heterocycles. The lowest BCUT2D eigenvalue weighted by atomic mass is 10.2. The summed E-state index contributed by atoms with van der Waals surface area (Å²) in [5.41, 5.74) is 1.19. The first-order valence-electron chi connectivity index (χ1n) is 7.59. The third-order valence-corrected chi connectivity index (χ3v) is 3.45. The third-order valence-electron chi connectivity index (χ3n) is 3.45. The van der Waals surface area contributed by atoms with Gasteiger partial charge in [-0.15, -0.1) is 0 Å². The van der Waals surface area contributed by atoms with Crippen LogP contribution in [-0.2, 0) is 20.1 Å². The van der Waals surface area contributed by atoms with Crippen LogP contribution in [0.25, 0.3) is 0 Å². The third kappa shape index (κ3) is 4.70. The summed E-state index contributed by atoms with van der Waals surface area (Å²) < 4.78 is 6.92. The molecule has 124 valence electrons. The Kier molecular flexibility index (Phi) is 5.96. The van der Waals surface area contributed by atoms with Gasteiger partial charge in [0.2, 0.25) is 0 Å². The molecule has 0 spiro atoms. The molecule has 0 atom stereocenters. The monoisotopic (exact) mass is 316 g/mol. The largest absolute Gasteiger partial charge is 0.497 e. The van der Waals surface area contributed by atoms with Crippen molar-refractivity contribution in [1.82, 2.24) is 25.0 Å². The fourth-order valence-corrected chi connectivity index (χ4v) is 2.16. The van der Waals surface area contributed by atoms with Crippen LogP contribution in [0.5, 0.6) is 5.75 Å². The second kappa shape index (κ2) is 8.17. The second-order valence-electron chi connectivity index (χ2n) is 5.17. The topological polar surface area (TPSA) is 67.6 Å². The van der Waals surface area contributed by atoms with Gasteiger partial charge in [0.15, 0.2) is 5.96 Å². The number of rotatable bonds is 6. The van der Waals surface area contributed by atoms with E-state index in [0.29, 0.717) is 6.54 Å². The Morgan fingerprint density at radius 3 is 2.65 bits per heavy atom. The molecule has 0 saturated carbocycles. The first-order valence-corrected chi connectivity index (χ1v) is 7.59. The molecule has 7 nitrogen and oxygen atoms in total. The quantitative estimate of drug-likeness (QED) is 0.645. The minimum Gasteiger partial charge on any atom is -0.497 e. The van der Waals surface area contributed by atoms with Crippen molar-refractivity contribution in [1.29, 1.82) is 0 Å². The molecular formula is C16H24N6O. The van der Waals surface area contributed by atoms with E-state index < -0.39 is 0 Å². The highest BCUT2D eigenvalue weighted by Crippen LogP contribution is 2.12. The summed E-state index contributed by atoms with van der Waals surface area (Å²) in [6, 6.07) is 8.04. The van der Waals surface area contributed by atoms with Crippen molar-refractivity contribution >= 4 is 5.96 Å². The number of hydrogen-bond donors (Lipinski definition) is 1. The van der Waals surface area contributed by atoms with Crippen molar-refractivity contribution in [3.63, 3.8) is 0 Å². The number of aryl methyl sites for hydroxylation is 1. The molecule has 1 N–H and O–H groups in total. The molecule has 2 aromatic rings.